The molecule has 13 heteroatoms. The number of benzene rings is 2. The number of phenolic OH excluding ortho intramolecular Hbond substituents is 1. The molecule has 0 radical (unpaired) electrons. The van der Waals surface area contributed by atoms with Gasteiger partial charge in [-0.2, -0.15) is 0 Å². The number of guanidine groups is 1. The lowest BCUT2D eigenvalue weighted by Gasteiger charge is -2.24. The summed E-state index contributed by atoms with van der Waals surface area (Å²) in [6, 6.07) is 9.23. The summed E-state index contributed by atoms with van der Waals surface area (Å²) in [5.41, 5.74) is 25.4. The van der Waals surface area contributed by atoms with Crippen LogP contribution >= 0.6 is 0 Å². The molecule has 0 spiro atoms. The number of amides is 4. The van der Waals surface area contributed by atoms with E-state index in [0.717, 1.165) is 22.3 Å². The van der Waals surface area contributed by atoms with Gasteiger partial charge in [-0.25, -0.2) is 0 Å². The third kappa shape index (κ3) is 11.5. The Morgan fingerprint density at radius 3 is 2.10 bits per heavy atom. The Hall–Kier alpha value is -4.65. The minimum Gasteiger partial charge on any atom is -0.508 e. The van der Waals surface area contributed by atoms with E-state index in [2.05, 4.69) is 20.9 Å². The van der Waals surface area contributed by atoms with E-state index in [0.29, 0.717) is 6.42 Å². The van der Waals surface area contributed by atoms with Crippen molar-refractivity contribution >= 4 is 29.6 Å². The van der Waals surface area contributed by atoms with Crippen molar-refractivity contribution in [2.45, 2.75) is 64.1 Å². The van der Waals surface area contributed by atoms with Crippen LogP contribution in [0, 0.1) is 13.8 Å². The molecule has 0 heterocycles. The van der Waals surface area contributed by atoms with Crippen molar-refractivity contribution < 1.29 is 24.3 Å². The molecule has 2 aromatic rings. The van der Waals surface area contributed by atoms with Gasteiger partial charge in [-0.15, -0.1) is 0 Å². The molecule has 42 heavy (non-hydrogen) atoms. The summed E-state index contributed by atoms with van der Waals surface area (Å²) >= 11 is 0. The molecule has 2 rings (SSSR count). The molecule has 0 saturated carbocycles. The standard InChI is InChI=1S/C29H42N8O5/c1-17-13-20(38)14-18(2)21(17)16-22(30)26(40)36-23(9-6-11-35-29(32)33)28(42)37-24(15-19-7-4-3-5-8-19)27(41)34-12-10-25(31)39/h3-5,7-8,13-14,22-24,38H,6,9-12,15-16,30H2,1-2H3,(H2,31,39)(H,34,41)(H,36,40)(H,37,42)(H4,32,33,35)/t22-,23-,24+/m1/s1. The molecule has 0 aromatic heterocycles. The highest BCUT2D eigenvalue weighted by Crippen LogP contribution is 2.22. The predicted molar refractivity (Wildman–Crippen MR) is 160 cm³/mol. The lowest BCUT2D eigenvalue weighted by atomic mass is 9.95. The van der Waals surface area contributed by atoms with Crippen molar-refractivity contribution in [1.29, 1.82) is 0 Å². The van der Waals surface area contributed by atoms with Gasteiger partial charge in [-0.1, -0.05) is 30.3 Å². The van der Waals surface area contributed by atoms with E-state index in [-0.39, 0.29) is 50.5 Å². The van der Waals surface area contributed by atoms with Crippen LogP contribution in [0.15, 0.2) is 47.5 Å². The first-order valence-corrected chi connectivity index (χ1v) is 13.7. The summed E-state index contributed by atoms with van der Waals surface area (Å²) in [5.74, 6) is -2.21. The largest absolute Gasteiger partial charge is 0.508 e. The highest BCUT2D eigenvalue weighted by atomic mass is 16.3. The van der Waals surface area contributed by atoms with Gasteiger partial charge in [0.1, 0.15) is 17.8 Å². The van der Waals surface area contributed by atoms with Crippen LogP contribution in [0.1, 0.15) is 41.5 Å². The van der Waals surface area contributed by atoms with Crippen molar-refractivity contribution in [2.24, 2.45) is 27.9 Å². The highest BCUT2D eigenvalue weighted by Gasteiger charge is 2.28. The van der Waals surface area contributed by atoms with Gasteiger partial charge in [-0.05, 0) is 67.5 Å². The van der Waals surface area contributed by atoms with Gasteiger partial charge in [-0.3, -0.25) is 24.2 Å². The predicted octanol–water partition coefficient (Wildman–Crippen LogP) is -0.864. The molecule has 0 aliphatic carbocycles. The van der Waals surface area contributed by atoms with Crippen LogP contribution in [0.3, 0.4) is 0 Å². The number of phenols is 1. The number of rotatable bonds is 16. The molecule has 0 bridgehead atoms. The normalized spacial score (nSPS) is 12.8. The molecule has 0 saturated heterocycles. The molecule has 0 aliphatic rings. The van der Waals surface area contributed by atoms with Gasteiger partial charge in [0, 0.05) is 25.9 Å². The Kier molecular flexibility index (Phi) is 13.2. The summed E-state index contributed by atoms with van der Waals surface area (Å²) in [7, 11) is 0. The molecule has 0 aliphatic heterocycles. The van der Waals surface area contributed by atoms with E-state index >= 15 is 0 Å². The van der Waals surface area contributed by atoms with E-state index in [1.54, 1.807) is 12.1 Å². The fourth-order valence-electron chi connectivity index (χ4n) is 4.42. The number of aromatic hydroxyl groups is 1. The Balaban J connectivity index is 2.21. The fraction of sp³-hybridized carbons (Fsp3) is 0.414. The van der Waals surface area contributed by atoms with E-state index in [1.165, 1.54) is 0 Å². The maximum absolute atomic E-state index is 13.5. The maximum Gasteiger partial charge on any atom is 0.243 e. The number of nitrogens with two attached hydrogens (primary N) is 4. The molecule has 228 valence electrons. The first-order valence-electron chi connectivity index (χ1n) is 13.7. The zero-order chi connectivity index (χ0) is 31.2. The zero-order valence-corrected chi connectivity index (χ0v) is 24.1. The second-order valence-corrected chi connectivity index (χ2v) is 10.1. The fourth-order valence-corrected chi connectivity index (χ4v) is 4.42. The SMILES string of the molecule is Cc1cc(O)cc(C)c1C[C@@H](N)C(=O)N[C@H](CCCN=C(N)N)C(=O)N[C@@H](Cc1ccccc1)C(=O)NCCC(N)=O. The van der Waals surface area contributed by atoms with Crippen molar-refractivity contribution in [3.63, 3.8) is 0 Å². The average Bonchev–Trinajstić information content (AvgIpc) is 2.91. The van der Waals surface area contributed by atoms with E-state index in [1.807, 2.05) is 44.2 Å². The van der Waals surface area contributed by atoms with Gasteiger partial charge in [0.05, 0.1) is 6.04 Å². The third-order valence-electron chi connectivity index (χ3n) is 6.61. The Bertz CT molecular complexity index is 1240. The first-order chi connectivity index (χ1) is 19.9. The van der Waals surface area contributed by atoms with Crippen LogP contribution in [0.5, 0.6) is 5.75 Å². The molecule has 0 fully saturated rings. The topological polar surface area (TPSA) is 241 Å². The van der Waals surface area contributed by atoms with E-state index in [9.17, 15) is 24.3 Å². The van der Waals surface area contributed by atoms with Gasteiger partial charge in [0.15, 0.2) is 5.96 Å². The molecule has 3 atom stereocenters. The quantitative estimate of drug-likeness (QED) is 0.0701. The minimum atomic E-state index is -1.04. The maximum atomic E-state index is 13.5. The highest BCUT2D eigenvalue weighted by molar-refractivity contribution is 5.93. The Morgan fingerprint density at radius 2 is 1.50 bits per heavy atom. The van der Waals surface area contributed by atoms with Crippen LogP contribution in [-0.4, -0.2) is 65.9 Å². The number of nitrogens with zero attached hydrogens (tertiary/aromatic N) is 1. The molecule has 12 N–H and O–H groups in total. The molecule has 4 amide bonds. The van der Waals surface area contributed by atoms with Crippen LogP contribution in [0.4, 0.5) is 0 Å². The van der Waals surface area contributed by atoms with E-state index in [4.69, 9.17) is 22.9 Å². The van der Waals surface area contributed by atoms with Gasteiger partial charge < -0.3 is 44.0 Å². The van der Waals surface area contributed by atoms with Crippen LogP contribution < -0.4 is 38.9 Å². The molecular weight excluding hydrogens is 540 g/mol. The van der Waals surface area contributed by atoms with Crippen molar-refractivity contribution in [3.05, 3.63) is 64.7 Å². The van der Waals surface area contributed by atoms with Crippen LogP contribution in [0.25, 0.3) is 0 Å². The molecule has 0 unspecified atom stereocenters. The third-order valence-corrected chi connectivity index (χ3v) is 6.61. The zero-order valence-electron chi connectivity index (χ0n) is 24.1. The molecular formula is C29H42N8O5. The lowest BCUT2D eigenvalue weighted by Crippen LogP contribution is -2.56. The number of aliphatic imine (C=N–C) groups is 1. The number of nitrogens with one attached hydrogen (secondary N) is 3. The van der Waals surface area contributed by atoms with Gasteiger partial charge >= 0.3 is 0 Å². The summed E-state index contributed by atoms with van der Waals surface area (Å²) in [4.78, 5) is 54.7. The number of primary amides is 1. The van der Waals surface area contributed by atoms with E-state index < -0.39 is 41.8 Å². The Morgan fingerprint density at radius 1 is 0.881 bits per heavy atom. The summed E-state index contributed by atoms with van der Waals surface area (Å²) in [6.45, 7) is 3.86. The number of carbonyl (C=O) groups excluding carboxylic acids is 4. The smallest absolute Gasteiger partial charge is 0.243 e. The monoisotopic (exact) mass is 582 g/mol. The van der Waals surface area contributed by atoms with Crippen molar-refractivity contribution in [2.75, 3.05) is 13.1 Å². The van der Waals surface area contributed by atoms with Crippen LogP contribution in [0.2, 0.25) is 0 Å². The summed E-state index contributed by atoms with van der Waals surface area (Å²) in [6.07, 6.45) is 0.822. The van der Waals surface area contributed by atoms with Gasteiger partial charge in [0.25, 0.3) is 0 Å². The van der Waals surface area contributed by atoms with Crippen molar-refractivity contribution in [1.82, 2.24) is 16.0 Å². The lowest BCUT2D eigenvalue weighted by molar-refractivity contribution is -0.132. The summed E-state index contributed by atoms with van der Waals surface area (Å²) < 4.78 is 0. The second kappa shape index (κ2) is 16.6. The minimum absolute atomic E-state index is 0.0129. The number of carbonyl (C=O) groups is 4. The molecule has 2 aromatic carbocycles. The molecule has 13 nitrogen and oxygen atoms in total. The first kappa shape index (κ1) is 33.6. The van der Waals surface area contributed by atoms with Gasteiger partial charge in [0.2, 0.25) is 23.6 Å². The van der Waals surface area contributed by atoms with Crippen molar-refractivity contribution in [3.8, 4) is 5.75 Å². The number of hydrogen-bond acceptors (Lipinski definition) is 7. The Labute approximate surface area is 245 Å². The second-order valence-electron chi connectivity index (χ2n) is 10.1. The van der Waals surface area contributed by atoms with Crippen LogP contribution in [-0.2, 0) is 32.0 Å². The average molecular weight is 583 g/mol. The number of aryl methyl sites for hydroxylation is 2. The number of hydrogen-bond donors (Lipinski definition) is 8. The summed E-state index contributed by atoms with van der Waals surface area (Å²) in [5, 5.41) is 17.9.